The van der Waals surface area contributed by atoms with E-state index in [1.807, 2.05) is 18.4 Å². The van der Waals surface area contributed by atoms with Crippen LogP contribution in [-0.4, -0.2) is 6.54 Å². The largest absolute Gasteiger partial charge is 0.465 e. The summed E-state index contributed by atoms with van der Waals surface area (Å²) >= 11 is 0. The van der Waals surface area contributed by atoms with Crippen LogP contribution in [0.4, 0.5) is 5.69 Å². The van der Waals surface area contributed by atoms with E-state index in [1.165, 1.54) is 16.8 Å². The van der Waals surface area contributed by atoms with Crippen LogP contribution < -0.4 is 10.1 Å². The highest BCUT2D eigenvalue weighted by atomic mass is 16.5. The molecule has 0 amide bonds. The average molecular weight is 235 g/mol. The van der Waals surface area contributed by atoms with Crippen molar-refractivity contribution in [2.45, 2.75) is 5.41 Å². The lowest BCUT2D eigenvalue weighted by molar-refractivity contribution is 0.438. The van der Waals surface area contributed by atoms with Crippen LogP contribution in [0.3, 0.4) is 0 Å². The highest BCUT2D eigenvalue weighted by Crippen LogP contribution is 2.47. The van der Waals surface area contributed by atoms with Crippen molar-refractivity contribution in [3.63, 3.8) is 0 Å². The van der Waals surface area contributed by atoms with Crippen molar-refractivity contribution in [2.24, 2.45) is 0 Å². The minimum atomic E-state index is -0.0779. The Hall–Kier alpha value is -2.22. The Kier molecular flexibility index (Phi) is 1.84. The van der Waals surface area contributed by atoms with Crippen LogP contribution in [0.15, 0.2) is 60.9 Å². The molecule has 2 aliphatic heterocycles. The first-order valence-electron chi connectivity index (χ1n) is 6.17. The monoisotopic (exact) mass is 235 g/mol. The van der Waals surface area contributed by atoms with Gasteiger partial charge >= 0.3 is 0 Å². The smallest absolute Gasteiger partial charge is 0.130 e. The molecule has 0 aliphatic carbocycles. The van der Waals surface area contributed by atoms with E-state index in [9.17, 15) is 0 Å². The normalized spacial score (nSPS) is 23.1. The SMILES string of the molecule is C1=CC2(CNc3ccccc32)c2ccccc2O1. The number of benzene rings is 2. The van der Waals surface area contributed by atoms with E-state index < -0.39 is 0 Å². The number of hydrogen-bond donors (Lipinski definition) is 1. The summed E-state index contributed by atoms with van der Waals surface area (Å²) in [5.74, 6) is 0.957. The van der Waals surface area contributed by atoms with E-state index in [1.54, 1.807) is 0 Å². The number of rotatable bonds is 0. The minimum absolute atomic E-state index is 0.0779. The molecule has 1 N–H and O–H groups in total. The zero-order chi connectivity index (χ0) is 12.0. The van der Waals surface area contributed by atoms with Gasteiger partial charge in [-0.15, -0.1) is 0 Å². The van der Waals surface area contributed by atoms with E-state index >= 15 is 0 Å². The zero-order valence-corrected chi connectivity index (χ0v) is 9.89. The molecule has 18 heavy (non-hydrogen) atoms. The van der Waals surface area contributed by atoms with Crippen LogP contribution in [0, 0.1) is 0 Å². The fourth-order valence-corrected chi connectivity index (χ4v) is 3.00. The van der Waals surface area contributed by atoms with Gasteiger partial charge in [0.1, 0.15) is 5.75 Å². The molecule has 2 heteroatoms. The van der Waals surface area contributed by atoms with E-state index in [0.717, 1.165) is 12.3 Å². The van der Waals surface area contributed by atoms with E-state index in [2.05, 4.69) is 47.8 Å². The number of anilines is 1. The van der Waals surface area contributed by atoms with Gasteiger partial charge in [0.2, 0.25) is 0 Å². The molecule has 0 fully saturated rings. The van der Waals surface area contributed by atoms with E-state index in [-0.39, 0.29) is 5.41 Å². The second-order valence-electron chi connectivity index (χ2n) is 4.79. The molecule has 1 atom stereocenters. The third-order valence-electron chi connectivity index (χ3n) is 3.88. The molecule has 2 aliphatic rings. The number of fused-ring (bicyclic) bond motifs is 4. The molecule has 0 bridgehead atoms. The quantitative estimate of drug-likeness (QED) is 0.756. The lowest BCUT2D eigenvalue weighted by atomic mass is 9.75. The Bertz CT molecular complexity index is 647. The lowest BCUT2D eigenvalue weighted by Crippen LogP contribution is -2.30. The predicted molar refractivity (Wildman–Crippen MR) is 71.9 cm³/mol. The fraction of sp³-hybridized carbons (Fsp3) is 0.125. The third-order valence-corrected chi connectivity index (χ3v) is 3.88. The summed E-state index contributed by atoms with van der Waals surface area (Å²) in [6, 6.07) is 16.8. The molecule has 4 rings (SSSR count). The van der Waals surface area contributed by atoms with Crippen LogP contribution in [-0.2, 0) is 5.41 Å². The summed E-state index contributed by atoms with van der Waals surface area (Å²) in [4.78, 5) is 0. The lowest BCUT2D eigenvalue weighted by Gasteiger charge is -2.30. The van der Waals surface area contributed by atoms with Crippen LogP contribution in [0.1, 0.15) is 11.1 Å². The van der Waals surface area contributed by atoms with Crippen molar-refractivity contribution in [1.29, 1.82) is 0 Å². The molecule has 0 radical (unpaired) electrons. The molecule has 2 aromatic rings. The molecular formula is C16H13NO. The second kappa shape index (κ2) is 3.39. The van der Waals surface area contributed by atoms with Crippen molar-refractivity contribution in [1.82, 2.24) is 0 Å². The van der Waals surface area contributed by atoms with Gasteiger partial charge in [0.25, 0.3) is 0 Å². The predicted octanol–water partition coefficient (Wildman–Crippen LogP) is 3.30. The Morgan fingerprint density at radius 2 is 1.72 bits per heavy atom. The third kappa shape index (κ3) is 1.12. The van der Waals surface area contributed by atoms with Crippen LogP contribution in [0.2, 0.25) is 0 Å². The summed E-state index contributed by atoms with van der Waals surface area (Å²) in [6.45, 7) is 0.892. The molecule has 0 saturated carbocycles. The maximum atomic E-state index is 5.62. The van der Waals surface area contributed by atoms with Crippen LogP contribution in [0.25, 0.3) is 0 Å². The van der Waals surface area contributed by atoms with Gasteiger partial charge in [0.15, 0.2) is 0 Å². The summed E-state index contributed by atoms with van der Waals surface area (Å²) in [6.07, 6.45) is 3.97. The summed E-state index contributed by atoms with van der Waals surface area (Å²) in [5, 5.41) is 3.49. The Morgan fingerprint density at radius 3 is 2.67 bits per heavy atom. The summed E-state index contributed by atoms with van der Waals surface area (Å²) in [7, 11) is 0. The average Bonchev–Trinajstić information content (AvgIpc) is 2.80. The minimum Gasteiger partial charge on any atom is -0.465 e. The maximum absolute atomic E-state index is 5.62. The molecule has 2 heterocycles. The second-order valence-corrected chi connectivity index (χ2v) is 4.79. The highest BCUT2D eigenvalue weighted by molar-refractivity contribution is 5.68. The summed E-state index contributed by atoms with van der Waals surface area (Å²) in [5.41, 5.74) is 3.71. The van der Waals surface area contributed by atoms with Crippen molar-refractivity contribution < 1.29 is 4.74 Å². The molecular weight excluding hydrogens is 222 g/mol. The van der Waals surface area contributed by atoms with Crippen molar-refractivity contribution in [2.75, 3.05) is 11.9 Å². The van der Waals surface area contributed by atoms with Gasteiger partial charge in [-0.25, -0.2) is 0 Å². The highest BCUT2D eigenvalue weighted by Gasteiger charge is 2.41. The van der Waals surface area contributed by atoms with Crippen LogP contribution >= 0.6 is 0 Å². The number of nitrogens with one attached hydrogen (secondary N) is 1. The first kappa shape index (κ1) is 9.77. The first-order valence-corrected chi connectivity index (χ1v) is 6.17. The van der Waals surface area contributed by atoms with Gasteiger partial charge in [-0.3, -0.25) is 0 Å². The Morgan fingerprint density at radius 1 is 0.944 bits per heavy atom. The van der Waals surface area contributed by atoms with Gasteiger partial charge in [-0.1, -0.05) is 36.4 Å². The van der Waals surface area contributed by atoms with Crippen molar-refractivity contribution >= 4 is 5.69 Å². The Labute approximate surface area is 106 Å². The van der Waals surface area contributed by atoms with Gasteiger partial charge < -0.3 is 10.1 Å². The van der Waals surface area contributed by atoms with E-state index in [0.29, 0.717) is 0 Å². The molecule has 1 unspecified atom stereocenters. The van der Waals surface area contributed by atoms with Crippen molar-refractivity contribution in [3.8, 4) is 5.75 Å². The molecule has 1 spiro atoms. The van der Waals surface area contributed by atoms with Gasteiger partial charge in [0, 0.05) is 17.8 Å². The zero-order valence-electron chi connectivity index (χ0n) is 9.89. The number of para-hydroxylation sites is 2. The van der Waals surface area contributed by atoms with Gasteiger partial charge in [0.05, 0.1) is 11.7 Å². The molecule has 0 saturated heterocycles. The molecule has 0 aromatic heterocycles. The van der Waals surface area contributed by atoms with Crippen LogP contribution in [0.5, 0.6) is 5.75 Å². The number of hydrogen-bond acceptors (Lipinski definition) is 2. The van der Waals surface area contributed by atoms with Gasteiger partial charge in [-0.2, -0.15) is 0 Å². The fourth-order valence-electron chi connectivity index (χ4n) is 3.00. The topological polar surface area (TPSA) is 21.3 Å². The standard InChI is InChI=1S/C16H13NO/c1-3-7-14-12(5-1)16(11-17-14)9-10-18-15-8-4-2-6-13(15)16/h1-10,17H,11H2. The van der Waals surface area contributed by atoms with E-state index in [4.69, 9.17) is 4.74 Å². The Balaban J connectivity index is 2.01. The summed E-state index contributed by atoms with van der Waals surface area (Å²) < 4.78 is 5.62. The molecule has 2 nitrogen and oxygen atoms in total. The molecule has 2 aromatic carbocycles. The maximum Gasteiger partial charge on any atom is 0.130 e. The first-order chi connectivity index (χ1) is 8.90. The van der Waals surface area contributed by atoms with Gasteiger partial charge in [-0.05, 0) is 23.8 Å². The number of ether oxygens (including phenoxy) is 1. The van der Waals surface area contributed by atoms with Crippen molar-refractivity contribution in [3.05, 3.63) is 72.0 Å². The molecule has 88 valence electrons.